The number of hydrogen-bond donors (Lipinski definition) is 0. The number of halogens is 12. The van der Waals surface area contributed by atoms with Gasteiger partial charge < -0.3 is 0 Å². The Morgan fingerprint density at radius 3 is 0.333 bits per heavy atom. The van der Waals surface area contributed by atoms with E-state index in [0.29, 0.717) is 0 Å². The van der Waals surface area contributed by atoms with Crippen LogP contribution in [0, 0.1) is 0 Å². The molecule has 114 valence electrons. The average molecular weight is 450 g/mol. The van der Waals surface area contributed by atoms with Gasteiger partial charge in [0, 0.05) is 68.2 Å². The molecular weight excluding hydrogens is 450 g/mol. The molecule has 0 rings (SSSR count). The number of hydrogen-bond acceptors (Lipinski definition) is 0. The van der Waals surface area contributed by atoms with Crippen LogP contribution in [0.5, 0.6) is 0 Å². The molecule has 18 heavy (non-hydrogen) atoms. The predicted octanol–water partition coefficient (Wildman–Crippen LogP) is 8.10. The second-order valence-corrected chi connectivity index (χ2v) is 2.30. The topological polar surface area (TPSA) is 0 Å². The maximum atomic E-state index is 9.73. The summed E-state index contributed by atoms with van der Waals surface area (Å²) in [6.07, 6.45) is 0. The molecular formula is CoF12KP4. The van der Waals surface area contributed by atoms with Crippen molar-refractivity contribution in [2.24, 2.45) is 0 Å². The van der Waals surface area contributed by atoms with Crippen LogP contribution in [0.15, 0.2) is 0 Å². The molecule has 0 aromatic rings. The molecule has 0 amide bonds. The molecule has 0 atom stereocenters. The van der Waals surface area contributed by atoms with E-state index in [4.69, 9.17) is 0 Å². The van der Waals surface area contributed by atoms with Gasteiger partial charge in [-0.15, -0.1) is 0 Å². The second-order valence-electron chi connectivity index (χ2n) is 0.767. The minimum atomic E-state index is -4.12. The van der Waals surface area contributed by atoms with Gasteiger partial charge in [-0.3, -0.25) is 0 Å². The van der Waals surface area contributed by atoms with E-state index in [1.807, 2.05) is 0 Å². The smallest absolute Gasteiger partial charge is 0.152 e. The molecule has 0 saturated heterocycles. The van der Waals surface area contributed by atoms with E-state index in [2.05, 4.69) is 0 Å². The minimum absolute atomic E-state index is 0. The van der Waals surface area contributed by atoms with Crippen molar-refractivity contribution >= 4 is 86.8 Å². The van der Waals surface area contributed by atoms with Crippen LogP contribution in [0.4, 0.5) is 50.4 Å². The fraction of sp³-hybridized carbons (Fsp3) is 0. The molecule has 0 aliphatic heterocycles. The van der Waals surface area contributed by atoms with Crippen molar-refractivity contribution < 1.29 is 67.1 Å². The Kier molecular flexibility index (Phi) is 66.6. The Morgan fingerprint density at radius 2 is 0.333 bits per heavy atom. The average Bonchev–Trinajstić information content (AvgIpc) is 1.76. The zero-order chi connectivity index (χ0) is 14.3. The standard InChI is InChI=1S/Co.4F3P.K/c;4*1-4(2)3;. The van der Waals surface area contributed by atoms with Gasteiger partial charge in [0.2, 0.25) is 0 Å². The molecule has 0 aromatic carbocycles. The van der Waals surface area contributed by atoms with E-state index in [9.17, 15) is 50.4 Å². The Labute approximate surface area is 152 Å². The quantitative estimate of drug-likeness (QED) is 0.199. The zero-order valence-corrected chi connectivity index (χ0v) is 15.4. The van der Waals surface area contributed by atoms with E-state index in [1.54, 1.807) is 0 Å². The van der Waals surface area contributed by atoms with Crippen LogP contribution in [0.25, 0.3) is 0 Å². The first-order valence-electron chi connectivity index (χ1n) is 2.03. The summed E-state index contributed by atoms with van der Waals surface area (Å²) in [6.45, 7) is 0. The fourth-order valence-electron chi connectivity index (χ4n) is 0. The molecule has 0 nitrogen and oxygen atoms in total. The molecule has 0 aliphatic rings. The molecule has 0 saturated carbocycles. The van der Waals surface area contributed by atoms with Crippen LogP contribution in [-0.2, 0) is 16.8 Å². The molecule has 0 unspecified atom stereocenters. The summed E-state index contributed by atoms with van der Waals surface area (Å²) < 4.78 is 117. The molecule has 0 bridgehead atoms. The fourth-order valence-corrected chi connectivity index (χ4v) is 0. The van der Waals surface area contributed by atoms with Crippen molar-refractivity contribution in [3.63, 3.8) is 0 Å². The van der Waals surface area contributed by atoms with Crippen LogP contribution in [-0.4, -0.2) is 51.4 Å². The van der Waals surface area contributed by atoms with Crippen LogP contribution in [0.2, 0.25) is 0 Å². The molecule has 0 spiro atoms. The van der Waals surface area contributed by atoms with Crippen LogP contribution in [0.3, 0.4) is 0 Å². The second kappa shape index (κ2) is 32.1. The SMILES string of the molecule is FP(F)F.FP(F)F.FP(F)F.FP(F)F.[Co].[K]. The Hall–Kier alpha value is 3.02. The van der Waals surface area contributed by atoms with Crippen molar-refractivity contribution in [2.45, 2.75) is 0 Å². The summed E-state index contributed by atoms with van der Waals surface area (Å²) in [5.74, 6) is 0. The molecule has 2 radical (unpaired) electrons. The molecule has 0 aromatic heterocycles. The largest absolute Gasteiger partial charge is 0.456 e. The van der Waals surface area contributed by atoms with Crippen LogP contribution < -0.4 is 0 Å². The van der Waals surface area contributed by atoms with Crippen molar-refractivity contribution in [1.29, 1.82) is 0 Å². The van der Waals surface area contributed by atoms with E-state index in [0.717, 1.165) is 0 Å². The van der Waals surface area contributed by atoms with Crippen LogP contribution >= 0.6 is 35.4 Å². The van der Waals surface area contributed by atoms with Gasteiger partial charge in [-0.05, 0) is 0 Å². The molecule has 0 fully saturated rings. The number of rotatable bonds is 0. The minimum Gasteiger partial charge on any atom is -0.152 e. The van der Waals surface area contributed by atoms with Gasteiger partial charge in [0.25, 0.3) is 0 Å². The maximum absolute atomic E-state index is 9.73. The van der Waals surface area contributed by atoms with Crippen molar-refractivity contribution in [1.82, 2.24) is 0 Å². The van der Waals surface area contributed by atoms with E-state index < -0.39 is 35.4 Å². The summed E-state index contributed by atoms with van der Waals surface area (Å²) in [4.78, 5) is 0. The Bertz CT molecular complexity index is 67.1. The third-order valence-electron chi connectivity index (χ3n) is 0. The van der Waals surface area contributed by atoms with Gasteiger partial charge in [0.15, 0.2) is 0 Å². The van der Waals surface area contributed by atoms with Crippen molar-refractivity contribution in [3.8, 4) is 0 Å². The van der Waals surface area contributed by atoms with Crippen LogP contribution in [0.1, 0.15) is 0 Å². The van der Waals surface area contributed by atoms with Gasteiger partial charge in [0.05, 0.1) is 0 Å². The first kappa shape index (κ1) is 37.3. The summed E-state index contributed by atoms with van der Waals surface area (Å²) in [6, 6.07) is 0. The first-order chi connectivity index (χ1) is 6.93. The molecule has 0 heterocycles. The molecule has 0 N–H and O–H groups in total. The van der Waals surface area contributed by atoms with Crippen molar-refractivity contribution in [3.05, 3.63) is 0 Å². The summed E-state index contributed by atoms with van der Waals surface area (Å²) in [5, 5.41) is 0. The Morgan fingerprint density at radius 1 is 0.333 bits per heavy atom. The normalized spacial score (nSPS) is 8.00. The van der Waals surface area contributed by atoms with Gasteiger partial charge in [-0.1, -0.05) is 0 Å². The first-order valence-corrected chi connectivity index (χ1v) is 6.09. The summed E-state index contributed by atoms with van der Waals surface area (Å²) >= 11 is 0. The third kappa shape index (κ3) is 676. The zero-order valence-electron chi connectivity index (χ0n) is 7.66. The summed E-state index contributed by atoms with van der Waals surface area (Å²) in [7, 11) is -16.5. The van der Waals surface area contributed by atoms with Gasteiger partial charge in [-0.2, -0.15) is 50.4 Å². The van der Waals surface area contributed by atoms with E-state index in [1.165, 1.54) is 0 Å². The van der Waals surface area contributed by atoms with Gasteiger partial charge >= 0.3 is 35.4 Å². The molecule has 0 aliphatic carbocycles. The predicted molar refractivity (Wildman–Crippen MR) is 46.7 cm³/mol. The van der Waals surface area contributed by atoms with E-state index in [-0.39, 0.29) is 68.2 Å². The summed E-state index contributed by atoms with van der Waals surface area (Å²) in [5.41, 5.74) is 0. The van der Waals surface area contributed by atoms with Crippen molar-refractivity contribution in [2.75, 3.05) is 0 Å². The monoisotopic (exact) mass is 450 g/mol. The maximum Gasteiger partial charge on any atom is 0.456 e. The van der Waals surface area contributed by atoms with Gasteiger partial charge in [0.1, 0.15) is 0 Å². The Balaban J connectivity index is -0.0000000257. The third-order valence-corrected chi connectivity index (χ3v) is 0. The molecule has 18 heteroatoms. The van der Waals surface area contributed by atoms with E-state index >= 15 is 0 Å². The van der Waals surface area contributed by atoms with Gasteiger partial charge in [-0.25, -0.2) is 0 Å².